The highest BCUT2D eigenvalue weighted by Gasteiger charge is 2.24. The summed E-state index contributed by atoms with van der Waals surface area (Å²) in [5.74, 6) is 0.155. The number of hydrogen-bond donors (Lipinski definition) is 2. The number of aromatic amines is 1. The lowest BCUT2D eigenvalue weighted by atomic mass is 10.1. The number of Topliss-reactive ketones (excluding diaryl/α,β-unsaturated/α-hetero) is 1. The minimum absolute atomic E-state index is 0.155. The Balaban J connectivity index is 2.59. The molecule has 0 aromatic carbocycles. The van der Waals surface area contributed by atoms with Crippen LogP contribution < -0.4 is 5.73 Å². The third-order valence-electron chi connectivity index (χ3n) is 2.35. The quantitative estimate of drug-likeness (QED) is 0.706. The van der Waals surface area contributed by atoms with E-state index in [-0.39, 0.29) is 5.78 Å². The number of aryl methyl sites for hydroxylation is 1. The molecule has 0 atom stereocenters. The van der Waals surface area contributed by atoms with Gasteiger partial charge in [0.05, 0.1) is 11.3 Å². The number of fused-ring (bicyclic) bond motifs is 1. The standard InChI is InChI=1S/C9H11N3OS/c10-4-3-6-8-5(1-2-7(8)13)11-9(14)12-6/h1-4,10H2,(H,11,12,14). The average molecular weight is 209 g/mol. The van der Waals surface area contributed by atoms with Gasteiger partial charge in [-0.3, -0.25) is 4.79 Å². The van der Waals surface area contributed by atoms with Gasteiger partial charge in [0.25, 0.3) is 0 Å². The van der Waals surface area contributed by atoms with E-state index in [1.165, 1.54) is 0 Å². The third-order valence-corrected chi connectivity index (χ3v) is 2.54. The first-order valence-corrected chi connectivity index (χ1v) is 4.98. The fourth-order valence-corrected chi connectivity index (χ4v) is 2.00. The molecule has 1 aliphatic carbocycles. The Morgan fingerprint density at radius 1 is 1.50 bits per heavy atom. The molecule has 1 aromatic heterocycles. The van der Waals surface area contributed by atoms with E-state index in [9.17, 15) is 4.79 Å². The van der Waals surface area contributed by atoms with E-state index < -0.39 is 0 Å². The van der Waals surface area contributed by atoms with E-state index >= 15 is 0 Å². The van der Waals surface area contributed by atoms with E-state index in [1.54, 1.807) is 0 Å². The maximum absolute atomic E-state index is 11.5. The van der Waals surface area contributed by atoms with Crippen LogP contribution in [-0.4, -0.2) is 22.3 Å². The van der Waals surface area contributed by atoms with Gasteiger partial charge in [0.15, 0.2) is 10.6 Å². The van der Waals surface area contributed by atoms with Gasteiger partial charge in [-0.15, -0.1) is 0 Å². The molecule has 0 amide bonds. The number of nitrogens with one attached hydrogen (secondary N) is 1. The molecule has 1 aliphatic rings. The first-order valence-electron chi connectivity index (χ1n) is 4.57. The Morgan fingerprint density at radius 2 is 2.29 bits per heavy atom. The molecular weight excluding hydrogens is 198 g/mol. The van der Waals surface area contributed by atoms with Gasteiger partial charge in [0.2, 0.25) is 0 Å². The molecule has 4 nitrogen and oxygen atoms in total. The maximum Gasteiger partial charge on any atom is 0.197 e. The van der Waals surface area contributed by atoms with Crippen molar-refractivity contribution >= 4 is 18.0 Å². The lowest BCUT2D eigenvalue weighted by Crippen LogP contribution is -2.10. The highest BCUT2D eigenvalue weighted by atomic mass is 32.1. The fourth-order valence-electron chi connectivity index (χ4n) is 1.77. The minimum atomic E-state index is 0.155. The molecule has 0 radical (unpaired) electrons. The van der Waals surface area contributed by atoms with Crippen molar-refractivity contribution in [1.29, 1.82) is 0 Å². The second kappa shape index (κ2) is 3.59. The zero-order valence-corrected chi connectivity index (χ0v) is 8.49. The highest BCUT2D eigenvalue weighted by molar-refractivity contribution is 7.71. The van der Waals surface area contributed by atoms with Gasteiger partial charge in [-0.1, -0.05) is 0 Å². The molecular formula is C9H11N3OS. The molecule has 0 fully saturated rings. The van der Waals surface area contributed by atoms with Crippen molar-refractivity contribution < 1.29 is 4.79 Å². The predicted octanol–water partition coefficient (Wildman–Crippen LogP) is 0.769. The first kappa shape index (κ1) is 9.48. The minimum Gasteiger partial charge on any atom is -0.334 e. The summed E-state index contributed by atoms with van der Waals surface area (Å²) >= 11 is 4.97. The van der Waals surface area contributed by atoms with Crippen LogP contribution in [-0.2, 0) is 12.8 Å². The molecule has 1 heterocycles. The van der Waals surface area contributed by atoms with Gasteiger partial charge in [0, 0.05) is 18.5 Å². The molecule has 0 saturated heterocycles. The molecule has 0 aliphatic heterocycles. The number of aromatic nitrogens is 2. The van der Waals surface area contributed by atoms with Gasteiger partial charge >= 0.3 is 0 Å². The largest absolute Gasteiger partial charge is 0.334 e. The number of rotatable bonds is 2. The Bertz CT molecular complexity index is 438. The SMILES string of the molecule is NCCc1nc(=S)[nH]c2c1C(=O)CC2. The predicted molar refractivity (Wildman–Crippen MR) is 54.8 cm³/mol. The number of carbonyl (C=O) groups is 1. The van der Waals surface area contributed by atoms with Crippen molar-refractivity contribution in [1.82, 2.24) is 9.97 Å². The lowest BCUT2D eigenvalue weighted by Gasteiger charge is -2.04. The van der Waals surface area contributed by atoms with Gasteiger partial charge in [-0.2, -0.15) is 0 Å². The molecule has 0 saturated carbocycles. The summed E-state index contributed by atoms with van der Waals surface area (Å²) in [5.41, 5.74) is 7.87. The number of nitrogens with two attached hydrogens (primary N) is 1. The van der Waals surface area contributed by atoms with Crippen LogP contribution in [0.15, 0.2) is 0 Å². The number of H-pyrrole nitrogens is 1. The molecule has 3 N–H and O–H groups in total. The van der Waals surface area contributed by atoms with Crippen LogP contribution in [0.2, 0.25) is 0 Å². The molecule has 0 bridgehead atoms. The Kier molecular flexibility index (Phi) is 2.43. The summed E-state index contributed by atoms with van der Waals surface area (Å²) in [6.07, 6.45) is 1.92. The topological polar surface area (TPSA) is 71.8 Å². The molecule has 0 unspecified atom stereocenters. The lowest BCUT2D eigenvalue weighted by molar-refractivity contribution is 0.0993. The van der Waals surface area contributed by atoms with E-state index in [0.29, 0.717) is 24.2 Å². The number of ketones is 1. The van der Waals surface area contributed by atoms with Gasteiger partial charge < -0.3 is 10.7 Å². The number of nitrogens with zero attached hydrogens (tertiary/aromatic N) is 1. The molecule has 0 spiro atoms. The van der Waals surface area contributed by atoms with Crippen LogP contribution in [0.1, 0.15) is 28.2 Å². The summed E-state index contributed by atoms with van der Waals surface area (Å²) in [4.78, 5) is 18.6. The van der Waals surface area contributed by atoms with Crippen molar-refractivity contribution in [3.05, 3.63) is 21.7 Å². The Hall–Kier alpha value is -1.07. The van der Waals surface area contributed by atoms with Crippen molar-refractivity contribution in [2.45, 2.75) is 19.3 Å². The highest BCUT2D eigenvalue weighted by Crippen LogP contribution is 2.22. The van der Waals surface area contributed by atoms with Crippen LogP contribution in [0.3, 0.4) is 0 Å². The maximum atomic E-state index is 11.5. The summed E-state index contributed by atoms with van der Waals surface area (Å²) < 4.78 is 0.446. The van der Waals surface area contributed by atoms with Crippen LogP contribution in [0.5, 0.6) is 0 Å². The van der Waals surface area contributed by atoms with E-state index in [0.717, 1.165) is 23.4 Å². The van der Waals surface area contributed by atoms with Gasteiger partial charge in [0.1, 0.15) is 0 Å². The second-order valence-electron chi connectivity index (χ2n) is 3.30. The van der Waals surface area contributed by atoms with E-state index in [2.05, 4.69) is 9.97 Å². The van der Waals surface area contributed by atoms with Crippen molar-refractivity contribution in [2.24, 2.45) is 5.73 Å². The van der Waals surface area contributed by atoms with E-state index in [1.807, 2.05) is 0 Å². The Labute approximate surface area is 86.5 Å². The number of carbonyl (C=O) groups excluding carboxylic acids is 1. The van der Waals surface area contributed by atoms with Crippen LogP contribution in [0.4, 0.5) is 0 Å². The second-order valence-corrected chi connectivity index (χ2v) is 3.69. The molecule has 2 rings (SSSR count). The normalized spacial score (nSPS) is 14.5. The van der Waals surface area contributed by atoms with Crippen molar-refractivity contribution in [3.8, 4) is 0 Å². The zero-order chi connectivity index (χ0) is 10.1. The van der Waals surface area contributed by atoms with Crippen LogP contribution in [0, 0.1) is 4.77 Å². The van der Waals surface area contributed by atoms with Crippen LogP contribution in [0.25, 0.3) is 0 Å². The summed E-state index contributed by atoms with van der Waals surface area (Å²) in [6.45, 7) is 0.492. The van der Waals surface area contributed by atoms with E-state index in [4.69, 9.17) is 18.0 Å². The monoisotopic (exact) mass is 209 g/mol. The van der Waals surface area contributed by atoms with Crippen molar-refractivity contribution in [3.63, 3.8) is 0 Å². The van der Waals surface area contributed by atoms with Crippen LogP contribution >= 0.6 is 12.2 Å². The molecule has 1 aromatic rings. The van der Waals surface area contributed by atoms with Crippen molar-refractivity contribution in [2.75, 3.05) is 6.54 Å². The zero-order valence-electron chi connectivity index (χ0n) is 7.67. The first-order chi connectivity index (χ1) is 6.72. The Morgan fingerprint density at radius 3 is 3.00 bits per heavy atom. The summed E-state index contributed by atoms with van der Waals surface area (Å²) in [6, 6.07) is 0. The third kappa shape index (κ3) is 1.49. The molecule has 14 heavy (non-hydrogen) atoms. The summed E-state index contributed by atoms with van der Waals surface area (Å²) in [5, 5.41) is 0. The van der Waals surface area contributed by atoms with Gasteiger partial charge in [-0.25, -0.2) is 4.98 Å². The smallest absolute Gasteiger partial charge is 0.197 e. The molecule has 74 valence electrons. The fraction of sp³-hybridized carbons (Fsp3) is 0.444. The molecule has 5 heteroatoms. The van der Waals surface area contributed by atoms with Gasteiger partial charge in [-0.05, 0) is 25.2 Å². The average Bonchev–Trinajstić information content (AvgIpc) is 2.48. The summed E-state index contributed by atoms with van der Waals surface area (Å²) in [7, 11) is 0. The number of hydrogen-bond acceptors (Lipinski definition) is 4.